The molecular formula is C71H135NO10. The van der Waals surface area contributed by atoms with Crippen molar-refractivity contribution < 1.29 is 50.0 Å². The van der Waals surface area contributed by atoms with Crippen molar-refractivity contribution in [1.29, 1.82) is 0 Å². The third-order valence-corrected chi connectivity index (χ3v) is 17.1. The van der Waals surface area contributed by atoms with Gasteiger partial charge in [-0.15, -0.1) is 0 Å². The van der Waals surface area contributed by atoms with Gasteiger partial charge in [0.05, 0.1) is 25.4 Å². The number of carbonyl (C=O) groups excluding carboxylic acids is 1. The van der Waals surface area contributed by atoms with E-state index in [1.165, 1.54) is 257 Å². The van der Waals surface area contributed by atoms with E-state index in [9.17, 15) is 40.5 Å². The summed E-state index contributed by atoms with van der Waals surface area (Å²) in [5.41, 5.74) is 0. The minimum absolute atomic E-state index is 0.247. The number of ether oxygens (including phenoxy) is 2. The van der Waals surface area contributed by atoms with Crippen molar-refractivity contribution in [1.82, 2.24) is 5.32 Å². The molecule has 0 bridgehead atoms. The van der Waals surface area contributed by atoms with Crippen LogP contribution in [0.2, 0.25) is 0 Å². The maximum absolute atomic E-state index is 13.2. The van der Waals surface area contributed by atoms with Crippen LogP contribution in [-0.2, 0) is 14.3 Å². The second-order valence-corrected chi connectivity index (χ2v) is 24.9. The van der Waals surface area contributed by atoms with Crippen LogP contribution in [-0.4, -0.2) is 110 Å². The van der Waals surface area contributed by atoms with Gasteiger partial charge in [0.2, 0.25) is 5.91 Å². The van der Waals surface area contributed by atoms with Crippen LogP contribution in [0.25, 0.3) is 0 Å². The number of amides is 1. The predicted molar refractivity (Wildman–Crippen MR) is 344 cm³/mol. The summed E-state index contributed by atoms with van der Waals surface area (Å²) in [6, 6.07) is -1.19. The minimum Gasteiger partial charge on any atom is -0.394 e. The fourth-order valence-corrected chi connectivity index (χ4v) is 11.5. The second kappa shape index (κ2) is 59.7. The number of hydrogen-bond donors (Lipinski definition) is 8. The molecule has 1 amide bonds. The highest BCUT2D eigenvalue weighted by Gasteiger charge is 2.44. The number of nitrogens with one attached hydrogen (secondary N) is 1. The first-order valence-electron chi connectivity index (χ1n) is 35.4. The molecule has 9 unspecified atom stereocenters. The number of carbonyl (C=O) groups is 1. The molecule has 0 radical (unpaired) electrons. The van der Waals surface area contributed by atoms with Crippen LogP contribution in [0.1, 0.15) is 341 Å². The average molecular weight is 1160 g/mol. The number of aliphatic hydroxyl groups is 7. The van der Waals surface area contributed by atoms with Gasteiger partial charge < -0.3 is 50.5 Å². The Morgan fingerprint density at radius 3 is 1.09 bits per heavy atom. The van der Waals surface area contributed by atoms with Gasteiger partial charge in [-0.25, -0.2) is 0 Å². The highest BCUT2D eigenvalue weighted by molar-refractivity contribution is 5.80. The van der Waals surface area contributed by atoms with E-state index in [4.69, 9.17) is 9.47 Å². The van der Waals surface area contributed by atoms with Crippen LogP contribution in [0.3, 0.4) is 0 Å². The van der Waals surface area contributed by atoms with Crippen molar-refractivity contribution in [2.24, 2.45) is 0 Å². The molecule has 0 aliphatic carbocycles. The Bertz CT molecular complexity index is 1430. The van der Waals surface area contributed by atoms with Crippen LogP contribution in [0.15, 0.2) is 36.5 Å². The Balaban J connectivity index is 2.23. The average Bonchev–Trinajstić information content (AvgIpc) is 3.53. The highest BCUT2D eigenvalue weighted by atomic mass is 16.7. The van der Waals surface area contributed by atoms with Gasteiger partial charge in [0, 0.05) is 0 Å². The van der Waals surface area contributed by atoms with Crippen LogP contribution in [0.4, 0.5) is 0 Å². The Labute approximate surface area is 505 Å². The summed E-state index contributed by atoms with van der Waals surface area (Å²) in [4.78, 5) is 13.2. The van der Waals surface area contributed by atoms with Crippen LogP contribution < -0.4 is 5.32 Å². The maximum atomic E-state index is 13.2. The maximum Gasteiger partial charge on any atom is 0.249 e. The lowest BCUT2D eigenvalue weighted by Gasteiger charge is -2.40. The van der Waals surface area contributed by atoms with E-state index in [2.05, 4.69) is 55.6 Å². The molecule has 1 rings (SSSR count). The van der Waals surface area contributed by atoms with Gasteiger partial charge in [-0.3, -0.25) is 4.79 Å². The van der Waals surface area contributed by atoms with Crippen molar-refractivity contribution in [3.63, 3.8) is 0 Å². The summed E-state index contributed by atoms with van der Waals surface area (Å²) < 4.78 is 11.2. The first-order chi connectivity index (χ1) is 40.2. The monoisotopic (exact) mass is 1160 g/mol. The number of rotatable bonds is 62. The summed E-state index contributed by atoms with van der Waals surface area (Å²) in [7, 11) is 0. The first kappa shape index (κ1) is 78.3. The third kappa shape index (κ3) is 46.5. The summed E-state index contributed by atoms with van der Waals surface area (Å²) >= 11 is 0. The molecule has 0 aromatic rings. The SMILES string of the molecule is CCCCCCCCCCCCCC/C=C\CCCCCCCCCCCC(O)C(=O)NC(COC1OC(CO)C(O)C(O)C1O)C(O)C(O)CCC/C=C/CC/C=C/CCCCCCCCCCCCCCCCCCCCCCC. The molecule has 0 saturated carbocycles. The number of hydrogen-bond acceptors (Lipinski definition) is 10. The molecule has 82 heavy (non-hydrogen) atoms. The molecule has 0 aromatic carbocycles. The van der Waals surface area contributed by atoms with E-state index in [1.54, 1.807) is 0 Å². The van der Waals surface area contributed by atoms with Crippen molar-refractivity contribution in [3.8, 4) is 0 Å². The molecule has 1 aliphatic rings. The van der Waals surface area contributed by atoms with Gasteiger partial charge in [-0.2, -0.15) is 0 Å². The van der Waals surface area contributed by atoms with Crippen LogP contribution in [0, 0.1) is 0 Å². The van der Waals surface area contributed by atoms with E-state index in [0.29, 0.717) is 19.3 Å². The lowest BCUT2D eigenvalue weighted by atomic mass is 9.98. The number of aliphatic hydroxyl groups excluding tert-OH is 7. The molecule has 0 aromatic heterocycles. The zero-order chi connectivity index (χ0) is 59.6. The fourth-order valence-electron chi connectivity index (χ4n) is 11.5. The molecule has 11 nitrogen and oxygen atoms in total. The molecule has 9 atom stereocenters. The topological polar surface area (TPSA) is 189 Å². The Morgan fingerprint density at radius 1 is 0.415 bits per heavy atom. The normalized spacial score (nSPS) is 19.3. The van der Waals surface area contributed by atoms with Crippen molar-refractivity contribution in [2.75, 3.05) is 13.2 Å². The molecule has 8 N–H and O–H groups in total. The van der Waals surface area contributed by atoms with Crippen LogP contribution >= 0.6 is 0 Å². The smallest absolute Gasteiger partial charge is 0.249 e. The van der Waals surface area contributed by atoms with E-state index in [1.807, 2.05) is 0 Å². The fraction of sp³-hybridized carbons (Fsp3) is 0.901. The van der Waals surface area contributed by atoms with Crippen molar-refractivity contribution in [2.45, 2.75) is 396 Å². The lowest BCUT2D eigenvalue weighted by Crippen LogP contribution is -2.60. The predicted octanol–water partition coefficient (Wildman–Crippen LogP) is 17.0. The lowest BCUT2D eigenvalue weighted by molar-refractivity contribution is -0.303. The largest absolute Gasteiger partial charge is 0.394 e. The first-order valence-corrected chi connectivity index (χ1v) is 35.4. The Kier molecular flexibility index (Phi) is 57.0. The van der Waals surface area contributed by atoms with Gasteiger partial charge in [-0.05, 0) is 77.0 Å². The summed E-state index contributed by atoms with van der Waals surface area (Å²) in [5.74, 6) is -0.708. The Hall–Kier alpha value is -1.67. The molecule has 1 fully saturated rings. The van der Waals surface area contributed by atoms with Gasteiger partial charge in [0.1, 0.15) is 36.6 Å². The molecule has 484 valence electrons. The molecule has 1 aliphatic heterocycles. The molecule has 11 heteroatoms. The summed E-state index contributed by atoms with van der Waals surface area (Å²) in [6.07, 6.45) is 65.2. The standard InChI is InChI=1S/C71H135NO10/c1-3-5-7-9-11-13-15-17-19-21-23-25-27-29-30-31-32-33-35-36-38-40-42-44-46-48-50-52-54-56-58-63(74)66(76)62(61-81-71-69(79)68(78)67(77)65(60-73)82-71)72-70(80)64(75)59-57-55-53-51-49-47-45-43-41-39-37-34-28-26-24-22-20-18-16-14-12-10-8-6-4-2/h34,37,42,44,50,52,62-69,71,73-79H,3-33,35-36,38-41,43,45-49,51,53-61H2,1-2H3,(H,72,80)/b37-34-,44-42+,52-50+. The molecule has 1 saturated heterocycles. The zero-order valence-corrected chi connectivity index (χ0v) is 53.5. The highest BCUT2D eigenvalue weighted by Crippen LogP contribution is 2.24. The number of unbranched alkanes of at least 4 members (excludes halogenated alkanes) is 44. The van der Waals surface area contributed by atoms with E-state index < -0.39 is 74.2 Å². The van der Waals surface area contributed by atoms with Gasteiger partial charge in [-0.1, -0.05) is 301 Å². The van der Waals surface area contributed by atoms with Gasteiger partial charge in [0.15, 0.2) is 6.29 Å². The van der Waals surface area contributed by atoms with Crippen molar-refractivity contribution in [3.05, 3.63) is 36.5 Å². The molecule has 0 spiro atoms. The summed E-state index contributed by atoms with van der Waals surface area (Å²) in [6.45, 7) is 3.49. The molecule has 1 heterocycles. The van der Waals surface area contributed by atoms with Crippen molar-refractivity contribution >= 4 is 5.91 Å². The van der Waals surface area contributed by atoms with E-state index >= 15 is 0 Å². The number of allylic oxidation sites excluding steroid dienone is 6. The van der Waals surface area contributed by atoms with E-state index in [0.717, 1.165) is 38.5 Å². The van der Waals surface area contributed by atoms with Gasteiger partial charge >= 0.3 is 0 Å². The minimum atomic E-state index is -1.67. The van der Waals surface area contributed by atoms with Crippen LogP contribution in [0.5, 0.6) is 0 Å². The molecular weight excluding hydrogens is 1030 g/mol. The quantitative estimate of drug-likeness (QED) is 0.0215. The van der Waals surface area contributed by atoms with Gasteiger partial charge in [0.25, 0.3) is 0 Å². The van der Waals surface area contributed by atoms with E-state index in [-0.39, 0.29) is 12.8 Å². The third-order valence-electron chi connectivity index (χ3n) is 17.1. The second-order valence-electron chi connectivity index (χ2n) is 24.9. The zero-order valence-electron chi connectivity index (χ0n) is 53.5. The Morgan fingerprint density at radius 2 is 0.732 bits per heavy atom. The summed E-state index contributed by atoms with van der Waals surface area (Å²) in [5, 5.41) is 76.5.